The lowest BCUT2D eigenvalue weighted by Crippen LogP contribution is -2.53. The molecular weight excluding hydrogens is 368 g/mol. The SMILES string of the molecule is O=C(C=Cc1ccccc1)N1CCC2(CC1)SCCN2C(=O)c1ccccc1. The fourth-order valence-corrected chi connectivity index (χ4v) is 5.41. The molecule has 2 aromatic carbocycles. The minimum atomic E-state index is -0.174. The second-order valence-corrected chi connectivity index (χ2v) is 8.64. The maximum absolute atomic E-state index is 13.0. The van der Waals surface area contributed by atoms with Gasteiger partial charge in [0, 0.05) is 37.0 Å². The van der Waals surface area contributed by atoms with Crippen molar-refractivity contribution in [2.45, 2.75) is 17.7 Å². The van der Waals surface area contributed by atoms with E-state index in [0.29, 0.717) is 13.1 Å². The second-order valence-electron chi connectivity index (χ2n) is 7.19. The number of benzene rings is 2. The molecule has 2 fully saturated rings. The van der Waals surface area contributed by atoms with E-state index < -0.39 is 0 Å². The molecule has 2 aromatic rings. The van der Waals surface area contributed by atoms with Crippen molar-refractivity contribution in [2.24, 2.45) is 0 Å². The van der Waals surface area contributed by atoms with E-state index in [2.05, 4.69) is 0 Å². The van der Waals surface area contributed by atoms with Gasteiger partial charge in [-0.25, -0.2) is 0 Å². The third kappa shape index (κ3) is 3.85. The fourth-order valence-electron chi connectivity index (χ4n) is 3.96. The van der Waals surface area contributed by atoms with Crippen LogP contribution in [-0.2, 0) is 4.79 Å². The van der Waals surface area contributed by atoms with E-state index in [1.54, 1.807) is 6.08 Å². The van der Waals surface area contributed by atoms with Gasteiger partial charge in [-0.05, 0) is 36.6 Å². The van der Waals surface area contributed by atoms with Crippen molar-refractivity contribution < 1.29 is 9.59 Å². The zero-order valence-electron chi connectivity index (χ0n) is 15.8. The van der Waals surface area contributed by atoms with Crippen LogP contribution >= 0.6 is 11.8 Å². The van der Waals surface area contributed by atoms with Crippen molar-refractivity contribution in [1.82, 2.24) is 9.80 Å². The fraction of sp³-hybridized carbons (Fsp3) is 0.304. The summed E-state index contributed by atoms with van der Waals surface area (Å²) >= 11 is 1.87. The van der Waals surface area contributed by atoms with Crippen LogP contribution in [0.3, 0.4) is 0 Å². The van der Waals surface area contributed by atoms with Gasteiger partial charge in [-0.1, -0.05) is 48.5 Å². The molecule has 0 radical (unpaired) electrons. The number of carbonyl (C=O) groups is 2. The van der Waals surface area contributed by atoms with E-state index in [4.69, 9.17) is 0 Å². The Labute approximate surface area is 170 Å². The number of amides is 2. The van der Waals surface area contributed by atoms with Gasteiger partial charge in [-0.3, -0.25) is 9.59 Å². The van der Waals surface area contributed by atoms with Gasteiger partial charge < -0.3 is 9.80 Å². The Balaban J connectivity index is 1.40. The number of nitrogens with zero attached hydrogens (tertiary/aromatic N) is 2. The van der Waals surface area contributed by atoms with Crippen LogP contribution in [0.5, 0.6) is 0 Å². The predicted octanol–water partition coefficient (Wildman–Crippen LogP) is 3.91. The highest BCUT2D eigenvalue weighted by molar-refractivity contribution is 8.00. The number of thioether (sulfide) groups is 1. The Bertz CT molecular complexity index is 859. The number of likely N-dealkylation sites (tertiary alicyclic amines) is 1. The lowest BCUT2D eigenvalue weighted by atomic mass is 10.0. The average Bonchev–Trinajstić information content (AvgIpc) is 3.16. The van der Waals surface area contributed by atoms with Crippen LogP contribution < -0.4 is 0 Å². The van der Waals surface area contributed by atoms with Crippen LogP contribution in [-0.4, -0.2) is 51.9 Å². The van der Waals surface area contributed by atoms with Gasteiger partial charge in [0.05, 0.1) is 4.87 Å². The van der Waals surface area contributed by atoms with Crippen LogP contribution in [0.25, 0.3) is 6.08 Å². The first-order chi connectivity index (χ1) is 13.7. The molecule has 2 aliphatic heterocycles. The smallest absolute Gasteiger partial charge is 0.254 e. The predicted molar refractivity (Wildman–Crippen MR) is 114 cm³/mol. The van der Waals surface area contributed by atoms with E-state index >= 15 is 0 Å². The highest BCUT2D eigenvalue weighted by Crippen LogP contribution is 2.44. The zero-order chi connectivity index (χ0) is 19.4. The molecule has 0 bridgehead atoms. The molecule has 5 heteroatoms. The van der Waals surface area contributed by atoms with Gasteiger partial charge in [-0.2, -0.15) is 0 Å². The van der Waals surface area contributed by atoms with E-state index in [0.717, 1.165) is 36.3 Å². The van der Waals surface area contributed by atoms with E-state index in [1.165, 1.54) is 0 Å². The maximum atomic E-state index is 13.0. The lowest BCUT2D eigenvalue weighted by molar-refractivity contribution is -0.127. The van der Waals surface area contributed by atoms with Gasteiger partial charge >= 0.3 is 0 Å². The summed E-state index contributed by atoms with van der Waals surface area (Å²) in [6.07, 6.45) is 5.16. The minimum Gasteiger partial charge on any atom is -0.339 e. The first-order valence-corrected chi connectivity index (χ1v) is 10.7. The van der Waals surface area contributed by atoms with E-state index in [9.17, 15) is 9.59 Å². The van der Waals surface area contributed by atoms with Crippen LogP contribution in [0.15, 0.2) is 66.7 Å². The topological polar surface area (TPSA) is 40.6 Å². The molecule has 2 heterocycles. The monoisotopic (exact) mass is 392 g/mol. The molecule has 0 unspecified atom stereocenters. The van der Waals surface area contributed by atoms with Crippen LogP contribution in [0, 0.1) is 0 Å². The van der Waals surface area contributed by atoms with Gasteiger partial charge in [0.15, 0.2) is 0 Å². The summed E-state index contributed by atoms with van der Waals surface area (Å²) in [5.41, 5.74) is 1.77. The van der Waals surface area contributed by atoms with Crippen LogP contribution in [0.1, 0.15) is 28.8 Å². The standard InChI is InChI=1S/C23H24N2O2S/c26-21(12-11-19-7-3-1-4-8-19)24-15-13-23(14-16-24)25(17-18-28-23)22(27)20-9-5-2-6-10-20/h1-12H,13-18H2. The zero-order valence-corrected chi connectivity index (χ0v) is 16.6. The molecule has 144 valence electrons. The lowest BCUT2D eigenvalue weighted by Gasteiger charge is -2.44. The summed E-state index contributed by atoms with van der Waals surface area (Å²) in [7, 11) is 0. The maximum Gasteiger partial charge on any atom is 0.254 e. The number of hydrogen-bond donors (Lipinski definition) is 0. The Hall–Kier alpha value is -2.53. The first-order valence-electron chi connectivity index (χ1n) is 9.71. The molecule has 2 saturated heterocycles. The summed E-state index contributed by atoms with van der Waals surface area (Å²) in [6, 6.07) is 19.4. The van der Waals surface area contributed by atoms with Crippen LogP contribution in [0.2, 0.25) is 0 Å². The quantitative estimate of drug-likeness (QED) is 0.744. The molecule has 0 saturated carbocycles. The molecule has 0 N–H and O–H groups in total. The number of hydrogen-bond acceptors (Lipinski definition) is 3. The number of carbonyl (C=O) groups excluding carboxylic acids is 2. The highest BCUT2D eigenvalue weighted by atomic mass is 32.2. The largest absolute Gasteiger partial charge is 0.339 e. The molecule has 0 aromatic heterocycles. The Kier molecular flexibility index (Phi) is 5.53. The summed E-state index contributed by atoms with van der Waals surface area (Å²) in [6.45, 7) is 2.15. The Morgan fingerprint density at radius 3 is 2.21 bits per heavy atom. The van der Waals surface area contributed by atoms with Crippen molar-refractivity contribution in [3.8, 4) is 0 Å². The molecule has 28 heavy (non-hydrogen) atoms. The second kappa shape index (κ2) is 8.23. The Morgan fingerprint density at radius 2 is 1.54 bits per heavy atom. The summed E-state index contributed by atoms with van der Waals surface area (Å²) < 4.78 is 0. The van der Waals surface area contributed by atoms with Gasteiger partial charge in [0.25, 0.3) is 5.91 Å². The number of rotatable bonds is 3. The molecule has 2 amide bonds. The van der Waals surface area contributed by atoms with E-state index in [1.807, 2.05) is 88.3 Å². The normalized spacial score (nSPS) is 18.7. The van der Waals surface area contributed by atoms with Gasteiger partial charge in [-0.15, -0.1) is 11.8 Å². The van der Waals surface area contributed by atoms with Crippen molar-refractivity contribution in [3.05, 3.63) is 77.9 Å². The Morgan fingerprint density at radius 1 is 0.893 bits per heavy atom. The van der Waals surface area contributed by atoms with Crippen molar-refractivity contribution in [2.75, 3.05) is 25.4 Å². The minimum absolute atomic E-state index is 0.0441. The average molecular weight is 393 g/mol. The van der Waals surface area contributed by atoms with Crippen molar-refractivity contribution in [1.29, 1.82) is 0 Å². The van der Waals surface area contributed by atoms with Gasteiger partial charge in [0.2, 0.25) is 5.91 Å². The number of piperidine rings is 1. The van der Waals surface area contributed by atoms with Gasteiger partial charge in [0.1, 0.15) is 0 Å². The molecule has 2 aliphatic rings. The van der Waals surface area contributed by atoms with E-state index in [-0.39, 0.29) is 16.7 Å². The highest BCUT2D eigenvalue weighted by Gasteiger charge is 2.46. The third-order valence-electron chi connectivity index (χ3n) is 5.52. The van der Waals surface area contributed by atoms with Crippen LogP contribution in [0.4, 0.5) is 0 Å². The molecule has 0 atom stereocenters. The first kappa shape index (κ1) is 18.8. The molecule has 0 aliphatic carbocycles. The summed E-state index contributed by atoms with van der Waals surface area (Å²) in [4.78, 5) is 29.3. The third-order valence-corrected chi connectivity index (χ3v) is 7.07. The molecular formula is C23H24N2O2S. The summed E-state index contributed by atoms with van der Waals surface area (Å²) in [5.74, 6) is 1.11. The summed E-state index contributed by atoms with van der Waals surface area (Å²) in [5, 5.41) is 0. The molecule has 4 nitrogen and oxygen atoms in total. The molecule has 4 rings (SSSR count). The van der Waals surface area contributed by atoms with Crippen molar-refractivity contribution in [3.63, 3.8) is 0 Å². The van der Waals surface area contributed by atoms with Crippen molar-refractivity contribution >= 4 is 29.7 Å². The molecule has 1 spiro atoms.